The van der Waals surface area contributed by atoms with Gasteiger partial charge in [0.2, 0.25) is 6.86 Å². The third-order valence-electron chi connectivity index (χ3n) is 3.70. The van der Waals surface area contributed by atoms with Crippen molar-refractivity contribution >= 4 is 39.0 Å². The number of hydrogen-bond acceptors (Lipinski definition) is 3. The zero-order valence-corrected chi connectivity index (χ0v) is 16.2. The zero-order valence-electron chi connectivity index (χ0n) is 13.8. The van der Waals surface area contributed by atoms with Gasteiger partial charge >= 0.3 is 0 Å². The molecule has 128 valence electrons. The van der Waals surface area contributed by atoms with Crippen molar-refractivity contribution in [1.29, 1.82) is 0 Å². The van der Waals surface area contributed by atoms with E-state index in [1.165, 1.54) is 11.1 Å². The third kappa shape index (κ3) is 4.68. The molecular weight excluding hydrogens is 393 g/mol. The predicted molar refractivity (Wildman–Crippen MR) is 102 cm³/mol. The Balaban J connectivity index is 2.20. The second-order valence-electron chi connectivity index (χ2n) is 5.42. The summed E-state index contributed by atoms with van der Waals surface area (Å²) in [5.41, 5.74) is 5.08. The summed E-state index contributed by atoms with van der Waals surface area (Å²) < 4.78 is 23.7. The van der Waals surface area contributed by atoms with E-state index in [-0.39, 0.29) is 5.17 Å². The molecule has 0 amide bonds. The van der Waals surface area contributed by atoms with E-state index in [1.54, 1.807) is 0 Å². The first kappa shape index (κ1) is 18.7. The van der Waals surface area contributed by atoms with Crippen molar-refractivity contribution in [3.05, 3.63) is 57.1 Å². The maximum Gasteiger partial charge on any atom is 0.263 e. The summed E-state index contributed by atoms with van der Waals surface area (Å²) in [4.78, 5) is 0. The molecular formula is C18H19BrFNO2S. The van der Waals surface area contributed by atoms with E-state index in [2.05, 4.69) is 45.9 Å². The summed E-state index contributed by atoms with van der Waals surface area (Å²) in [6.07, 6.45) is 0. The second kappa shape index (κ2) is 8.44. The summed E-state index contributed by atoms with van der Waals surface area (Å²) in [5.74, 6) is 0.836. The van der Waals surface area contributed by atoms with Crippen molar-refractivity contribution in [2.75, 3.05) is 12.2 Å². The van der Waals surface area contributed by atoms with E-state index in [4.69, 9.17) is 17.0 Å². The van der Waals surface area contributed by atoms with Gasteiger partial charge in [-0.2, -0.15) is 0 Å². The normalized spacial score (nSPS) is 10.4. The Bertz CT molecular complexity index is 752. The van der Waals surface area contributed by atoms with Gasteiger partial charge in [0.1, 0.15) is 12.4 Å². The van der Waals surface area contributed by atoms with Crippen molar-refractivity contribution in [2.24, 2.45) is 0 Å². The van der Waals surface area contributed by atoms with Crippen LogP contribution in [0.2, 0.25) is 0 Å². The van der Waals surface area contributed by atoms with Gasteiger partial charge in [0, 0.05) is 15.7 Å². The molecule has 0 fully saturated rings. The molecule has 2 aromatic carbocycles. The molecule has 0 radical (unpaired) electrons. The van der Waals surface area contributed by atoms with E-state index < -0.39 is 6.86 Å². The molecule has 0 saturated carbocycles. The summed E-state index contributed by atoms with van der Waals surface area (Å²) in [7, 11) is 0. The molecule has 0 aliphatic heterocycles. The number of ether oxygens (including phenoxy) is 2. The van der Waals surface area contributed by atoms with Crippen LogP contribution >= 0.6 is 28.1 Å². The van der Waals surface area contributed by atoms with E-state index >= 15 is 0 Å². The minimum atomic E-state index is -0.965. The van der Waals surface area contributed by atoms with E-state index in [1.807, 2.05) is 31.2 Å². The number of aryl methyl sites for hydroxylation is 3. The first-order valence-corrected chi connectivity index (χ1v) is 8.60. The Kier molecular flexibility index (Phi) is 6.57. The number of rotatable bonds is 5. The lowest BCUT2D eigenvalue weighted by molar-refractivity contribution is 0.184. The SMILES string of the molecule is Cc1cc(C)c(OCc2c(Br)cccc2NC(=S)OCF)cc1C. The molecule has 3 nitrogen and oxygen atoms in total. The fraction of sp³-hybridized carbons (Fsp3) is 0.278. The van der Waals surface area contributed by atoms with E-state index in [9.17, 15) is 4.39 Å². The van der Waals surface area contributed by atoms with Crippen LogP contribution in [-0.2, 0) is 11.3 Å². The van der Waals surface area contributed by atoms with Gasteiger partial charge in [-0.3, -0.25) is 0 Å². The van der Waals surface area contributed by atoms with Crippen molar-refractivity contribution in [1.82, 2.24) is 0 Å². The number of nitrogens with one attached hydrogen (secondary N) is 1. The van der Waals surface area contributed by atoms with Gasteiger partial charge in [-0.25, -0.2) is 4.39 Å². The Labute approximate surface area is 155 Å². The second-order valence-corrected chi connectivity index (χ2v) is 6.65. The highest BCUT2D eigenvalue weighted by Crippen LogP contribution is 2.29. The van der Waals surface area contributed by atoms with Crippen LogP contribution < -0.4 is 10.1 Å². The van der Waals surface area contributed by atoms with Crippen LogP contribution in [0.4, 0.5) is 10.1 Å². The van der Waals surface area contributed by atoms with Crippen LogP contribution in [0.5, 0.6) is 5.75 Å². The number of alkyl halides is 1. The molecule has 0 atom stereocenters. The van der Waals surface area contributed by atoms with Crippen LogP contribution in [0.25, 0.3) is 0 Å². The summed E-state index contributed by atoms with van der Waals surface area (Å²) in [6, 6.07) is 9.75. The van der Waals surface area contributed by atoms with Crippen molar-refractivity contribution in [2.45, 2.75) is 27.4 Å². The third-order valence-corrected chi connectivity index (χ3v) is 4.67. The van der Waals surface area contributed by atoms with Gasteiger partial charge < -0.3 is 14.8 Å². The molecule has 2 rings (SSSR count). The summed E-state index contributed by atoms with van der Waals surface area (Å²) in [5, 5.41) is 2.87. The van der Waals surface area contributed by atoms with Gasteiger partial charge in [0.15, 0.2) is 0 Å². The fourth-order valence-electron chi connectivity index (χ4n) is 2.26. The van der Waals surface area contributed by atoms with Crippen LogP contribution in [0.15, 0.2) is 34.8 Å². The van der Waals surface area contributed by atoms with Gasteiger partial charge in [-0.15, -0.1) is 0 Å². The minimum Gasteiger partial charge on any atom is -0.489 e. The van der Waals surface area contributed by atoms with Gasteiger partial charge in [-0.05, 0) is 67.9 Å². The molecule has 0 bridgehead atoms. The van der Waals surface area contributed by atoms with E-state index in [0.717, 1.165) is 21.3 Å². The molecule has 1 N–H and O–H groups in total. The Morgan fingerprint density at radius 3 is 2.58 bits per heavy atom. The predicted octanol–water partition coefficient (Wildman–Crippen LogP) is 5.59. The quantitative estimate of drug-likeness (QED) is 0.649. The standard InChI is InChI=1S/C18H19BrFNO2S/c1-11-7-13(3)17(8-12(11)2)22-9-14-15(19)5-4-6-16(14)21-18(24)23-10-20/h4-8H,9-10H2,1-3H3,(H,21,24). The summed E-state index contributed by atoms with van der Waals surface area (Å²) >= 11 is 8.45. The fourth-order valence-corrected chi connectivity index (χ4v) is 2.89. The van der Waals surface area contributed by atoms with E-state index in [0.29, 0.717) is 12.3 Å². The maximum atomic E-state index is 12.2. The number of anilines is 1. The Hall–Kier alpha value is -1.66. The highest BCUT2D eigenvalue weighted by atomic mass is 79.9. The maximum absolute atomic E-state index is 12.2. The molecule has 24 heavy (non-hydrogen) atoms. The summed E-state index contributed by atoms with van der Waals surface area (Å²) in [6.45, 7) is 5.53. The number of hydrogen-bond donors (Lipinski definition) is 1. The van der Waals surface area contributed by atoms with Crippen LogP contribution in [0.3, 0.4) is 0 Å². The van der Waals surface area contributed by atoms with Gasteiger partial charge in [0.25, 0.3) is 5.17 Å². The molecule has 6 heteroatoms. The topological polar surface area (TPSA) is 30.5 Å². The van der Waals surface area contributed by atoms with Gasteiger partial charge in [-0.1, -0.05) is 28.1 Å². The van der Waals surface area contributed by atoms with Crippen LogP contribution in [0, 0.1) is 20.8 Å². The number of halogens is 2. The van der Waals surface area contributed by atoms with Crippen molar-refractivity contribution in [3.63, 3.8) is 0 Å². The number of thiocarbonyl (C=S) groups is 1. The molecule has 2 aromatic rings. The lowest BCUT2D eigenvalue weighted by Crippen LogP contribution is -2.15. The minimum absolute atomic E-state index is 0.0146. The lowest BCUT2D eigenvalue weighted by Gasteiger charge is -2.16. The monoisotopic (exact) mass is 411 g/mol. The molecule has 0 aliphatic carbocycles. The van der Waals surface area contributed by atoms with Crippen LogP contribution in [-0.4, -0.2) is 12.0 Å². The van der Waals surface area contributed by atoms with Crippen molar-refractivity contribution < 1.29 is 13.9 Å². The van der Waals surface area contributed by atoms with Crippen LogP contribution in [0.1, 0.15) is 22.3 Å². The average molecular weight is 412 g/mol. The number of benzene rings is 2. The molecule has 0 aromatic heterocycles. The highest BCUT2D eigenvalue weighted by molar-refractivity contribution is 9.10. The average Bonchev–Trinajstić information content (AvgIpc) is 2.51. The molecule has 0 heterocycles. The first-order chi connectivity index (χ1) is 11.4. The molecule has 0 unspecified atom stereocenters. The Morgan fingerprint density at radius 2 is 1.88 bits per heavy atom. The van der Waals surface area contributed by atoms with Gasteiger partial charge in [0.05, 0.1) is 0 Å². The first-order valence-electron chi connectivity index (χ1n) is 7.40. The molecule has 0 aliphatic rings. The zero-order chi connectivity index (χ0) is 17.7. The lowest BCUT2D eigenvalue weighted by atomic mass is 10.1. The largest absolute Gasteiger partial charge is 0.489 e. The highest BCUT2D eigenvalue weighted by Gasteiger charge is 2.11. The molecule has 0 spiro atoms. The molecule has 0 saturated heterocycles. The smallest absolute Gasteiger partial charge is 0.263 e. The van der Waals surface area contributed by atoms with Crippen molar-refractivity contribution in [3.8, 4) is 5.75 Å². The Morgan fingerprint density at radius 1 is 1.17 bits per heavy atom.